The molecule has 0 aliphatic heterocycles. The summed E-state index contributed by atoms with van der Waals surface area (Å²) in [6.45, 7) is -2.88. The van der Waals surface area contributed by atoms with E-state index in [1.807, 2.05) is 0 Å². The predicted octanol–water partition coefficient (Wildman–Crippen LogP) is 3.61. The summed E-state index contributed by atoms with van der Waals surface area (Å²) >= 11 is 0. The fourth-order valence-corrected chi connectivity index (χ4v) is 2.44. The van der Waals surface area contributed by atoms with Gasteiger partial charge in [0.05, 0.1) is 6.61 Å². The third-order valence-electron chi connectivity index (χ3n) is 3.36. The van der Waals surface area contributed by atoms with Gasteiger partial charge in [0.25, 0.3) is 0 Å². The number of rotatable bonds is 10. The Hall–Kier alpha value is -0.320. The van der Waals surface area contributed by atoms with E-state index in [4.69, 9.17) is 0 Å². The van der Waals surface area contributed by atoms with Crippen LogP contribution >= 0.6 is 0 Å². The molecule has 0 heterocycles. The zero-order valence-electron chi connectivity index (χ0n) is 14.0. The first-order valence-corrected chi connectivity index (χ1v) is 8.27. The summed E-state index contributed by atoms with van der Waals surface area (Å²) in [6, 6.07) is 0. The van der Waals surface area contributed by atoms with Crippen LogP contribution < -0.4 is 5.73 Å². The summed E-state index contributed by atoms with van der Waals surface area (Å²) in [6.07, 6.45) is -7.88. The molecule has 23 heteroatoms. The molecule has 196 valence electrons. The van der Waals surface area contributed by atoms with Crippen molar-refractivity contribution >= 4 is 39.7 Å². The van der Waals surface area contributed by atoms with Crippen molar-refractivity contribution in [2.75, 3.05) is 13.2 Å². The molecule has 0 aromatic heterocycles. The summed E-state index contributed by atoms with van der Waals surface area (Å²) < 4.78 is 245. The fraction of sp³-hybridized carbons (Fsp3) is 1.00. The van der Waals surface area contributed by atoms with Gasteiger partial charge in [0, 0.05) is 6.54 Å². The molecule has 0 rings (SSSR count). The molecule has 0 aliphatic rings. The summed E-state index contributed by atoms with van der Waals surface area (Å²) in [5.41, 5.74) is 4.49. The summed E-state index contributed by atoms with van der Waals surface area (Å²) in [4.78, 5) is 0. The second-order valence-corrected chi connectivity index (χ2v) is 7.18. The van der Waals surface area contributed by atoms with E-state index >= 15 is 0 Å². The Morgan fingerprint density at radius 1 is 0.545 bits per heavy atom. The van der Waals surface area contributed by atoms with Crippen LogP contribution in [0.5, 0.6) is 0 Å². The van der Waals surface area contributed by atoms with Gasteiger partial charge >= 0.3 is 86.6 Å². The van der Waals surface area contributed by atoms with Crippen LogP contribution in [-0.4, -0.2) is 98.1 Å². The van der Waals surface area contributed by atoms with Crippen molar-refractivity contribution in [2.45, 2.75) is 47.0 Å². The quantitative estimate of drug-likeness (QED) is 0.249. The van der Waals surface area contributed by atoms with Crippen molar-refractivity contribution in [3.63, 3.8) is 0 Å². The number of hydrogen-bond donors (Lipinski definition) is 1. The molecule has 0 saturated carbocycles. The van der Waals surface area contributed by atoms with Crippen molar-refractivity contribution in [3.8, 4) is 0 Å². The van der Waals surface area contributed by atoms with Gasteiger partial charge in [-0.2, -0.15) is 83.1 Å². The minimum absolute atomic E-state index is 0. The molecule has 0 unspecified atom stereocenters. The molecule has 2 N–H and O–H groups in total. The Bertz CT molecular complexity index is 793. The molecule has 0 radical (unpaired) electrons. The van der Waals surface area contributed by atoms with Crippen molar-refractivity contribution < 1.29 is 87.2 Å². The topological polar surface area (TPSA) is 69.4 Å². The molecule has 0 atom stereocenters. The first kappa shape index (κ1) is 34.8. The normalized spacial score (nSPS) is 15.9. The maximum atomic E-state index is 13.4. The molecule has 33 heavy (non-hydrogen) atoms. The van der Waals surface area contributed by atoms with Crippen LogP contribution in [0.3, 0.4) is 0 Å². The van der Waals surface area contributed by atoms with E-state index in [1.54, 1.807) is 0 Å². The molecular weight excluding hydrogens is 560 g/mol. The van der Waals surface area contributed by atoms with Gasteiger partial charge in [0.15, 0.2) is 0 Å². The van der Waals surface area contributed by atoms with Crippen LogP contribution in [-0.2, 0) is 14.3 Å². The van der Waals surface area contributed by atoms with Crippen LogP contribution in [0.15, 0.2) is 0 Å². The van der Waals surface area contributed by atoms with Gasteiger partial charge in [0.1, 0.15) is 0 Å². The zero-order valence-corrected chi connectivity index (χ0v) is 14.9. The zero-order chi connectivity index (χ0) is 26.6. The van der Waals surface area contributed by atoms with E-state index in [9.17, 15) is 83.1 Å². The molecule has 0 bridgehead atoms. The van der Waals surface area contributed by atoms with E-state index in [0.717, 1.165) is 0 Å². The van der Waals surface area contributed by atoms with Gasteiger partial charge in [0.2, 0.25) is 0 Å². The molecule has 0 fully saturated rings. The third-order valence-corrected chi connectivity index (χ3v) is 4.72. The van der Waals surface area contributed by atoms with Gasteiger partial charge in [-0.05, 0) is 0 Å². The Balaban J connectivity index is 0. The van der Waals surface area contributed by atoms with E-state index < -0.39 is 70.2 Å². The third kappa shape index (κ3) is 4.75. The Morgan fingerprint density at radius 3 is 1.09 bits per heavy atom. The number of alkyl halides is 17. The molecule has 4 nitrogen and oxygen atoms in total. The first-order valence-electron chi connectivity index (χ1n) is 6.86. The number of halogens is 17. The maximum absolute atomic E-state index is 13.4. The van der Waals surface area contributed by atoms with E-state index in [1.165, 1.54) is 0 Å². The molecule has 0 amide bonds. The van der Waals surface area contributed by atoms with E-state index in [2.05, 4.69) is 9.92 Å². The molecule has 0 aliphatic carbocycles. The summed E-state index contributed by atoms with van der Waals surface area (Å²) in [7, 11) is -7.49. The second kappa shape index (κ2) is 9.28. The van der Waals surface area contributed by atoms with Crippen LogP contribution in [0.1, 0.15) is 0 Å². The van der Waals surface area contributed by atoms with Crippen LogP contribution in [0, 0.1) is 0 Å². The van der Waals surface area contributed by atoms with Gasteiger partial charge in [-0.25, -0.2) is 0 Å². The van der Waals surface area contributed by atoms with E-state index in [-0.39, 0.29) is 29.6 Å². The van der Waals surface area contributed by atoms with Crippen LogP contribution in [0.25, 0.3) is 0 Å². The Morgan fingerprint density at radius 2 is 0.818 bits per heavy atom. The second-order valence-electron chi connectivity index (χ2n) is 5.53. The van der Waals surface area contributed by atoms with Crippen LogP contribution in [0.2, 0.25) is 0 Å². The standard InChI is InChI=1S/C10H6F17NO3S.Na.H/c11-3(12,5(15,16)7(19,20)9(23,24)25)4(13,14)6(17,18)8(21,22)10(26,27)32(29,30)31-2-1-28;;/h1-2,28H2;;. The van der Waals surface area contributed by atoms with Gasteiger partial charge in [-0.15, -0.1) is 0 Å². The average molecular weight is 567 g/mol. The minimum atomic E-state index is -8.87. The molecule has 0 aromatic rings. The number of nitrogens with two attached hydrogens (primary N) is 1. The van der Waals surface area contributed by atoms with Crippen molar-refractivity contribution in [1.82, 2.24) is 0 Å². The summed E-state index contributed by atoms with van der Waals surface area (Å²) in [5.74, 6) is -51.8. The van der Waals surface area contributed by atoms with Crippen molar-refractivity contribution in [2.24, 2.45) is 5.73 Å². The average Bonchev–Trinajstić information content (AvgIpc) is 2.57. The predicted molar refractivity (Wildman–Crippen MR) is 71.8 cm³/mol. The molecular formula is C10H7F17NNaO3S. The van der Waals surface area contributed by atoms with Gasteiger partial charge < -0.3 is 5.73 Å². The van der Waals surface area contributed by atoms with E-state index in [0.29, 0.717) is 0 Å². The van der Waals surface area contributed by atoms with Crippen LogP contribution in [0.4, 0.5) is 74.6 Å². The monoisotopic (exact) mass is 567 g/mol. The van der Waals surface area contributed by atoms with Gasteiger partial charge in [-0.1, -0.05) is 0 Å². The van der Waals surface area contributed by atoms with Crippen molar-refractivity contribution in [1.29, 1.82) is 0 Å². The molecule has 0 saturated heterocycles. The van der Waals surface area contributed by atoms with Crippen molar-refractivity contribution in [3.05, 3.63) is 0 Å². The number of hydrogen-bond acceptors (Lipinski definition) is 4. The molecule has 0 spiro atoms. The Labute approximate surface area is 193 Å². The first-order chi connectivity index (χ1) is 13.6. The Kier molecular flexibility index (Phi) is 9.80. The van der Waals surface area contributed by atoms with Gasteiger partial charge in [-0.3, -0.25) is 4.18 Å². The fourth-order valence-electron chi connectivity index (χ4n) is 1.54. The molecule has 0 aromatic carbocycles. The summed E-state index contributed by atoms with van der Waals surface area (Å²) in [5, 5.41) is -7.67. The SMILES string of the molecule is NCCOS(=O)(=O)C(F)(F)C(F)(F)C(F)(F)C(F)(F)C(F)(F)C(F)(F)C(F)(F)C(F)(F)F.[NaH].